The molecule has 102 valence electrons. The molecule has 1 aliphatic rings. The number of azide groups is 1. The van der Waals surface area contributed by atoms with Crippen LogP contribution in [0.3, 0.4) is 0 Å². The number of nitrogens with zero attached hydrogens (tertiary/aromatic N) is 7. The van der Waals surface area contributed by atoms with Crippen LogP contribution in [0.2, 0.25) is 0 Å². The van der Waals surface area contributed by atoms with Gasteiger partial charge in [-0.15, -0.1) is 5.10 Å². The summed E-state index contributed by atoms with van der Waals surface area (Å²) in [6.45, 7) is 0. The number of tetrazole rings is 1. The highest BCUT2D eigenvalue weighted by Crippen LogP contribution is 2.44. The van der Waals surface area contributed by atoms with Crippen LogP contribution < -0.4 is 0 Å². The molecule has 3 unspecified atom stereocenters. The van der Waals surface area contributed by atoms with E-state index in [1.807, 2.05) is 0 Å². The summed E-state index contributed by atoms with van der Waals surface area (Å²) in [5.41, 5.74) is 9.64. The van der Waals surface area contributed by atoms with E-state index in [1.54, 1.807) is 23.1 Å². The topological polar surface area (TPSA) is 92.4 Å². The fourth-order valence-corrected chi connectivity index (χ4v) is 2.90. The molecular weight excluding hydrogens is 261 g/mol. The van der Waals surface area contributed by atoms with Crippen molar-refractivity contribution in [3.05, 3.63) is 52.4 Å². The molecule has 1 saturated carbocycles. The number of hydrogen-bond donors (Lipinski definition) is 0. The molecule has 0 bridgehead atoms. The van der Waals surface area contributed by atoms with Crippen LogP contribution in [0.1, 0.15) is 30.4 Å². The zero-order valence-electron chi connectivity index (χ0n) is 10.5. The van der Waals surface area contributed by atoms with Gasteiger partial charge in [0.15, 0.2) is 0 Å². The molecule has 2 aromatic rings. The molecule has 0 amide bonds. The third-order valence-corrected chi connectivity index (χ3v) is 3.75. The average Bonchev–Trinajstić information content (AvgIpc) is 3.09. The number of benzene rings is 1. The van der Waals surface area contributed by atoms with Gasteiger partial charge >= 0.3 is 0 Å². The van der Waals surface area contributed by atoms with Gasteiger partial charge in [0.05, 0.1) is 6.04 Å². The minimum Gasteiger partial charge on any atom is -0.229 e. The van der Waals surface area contributed by atoms with E-state index < -0.39 is 0 Å². The van der Waals surface area contributed by atoms with E-state index in [9.17, 15) is 4.39 Å². The molecule has 7 nitrogen and oxygen atoms in total. The van der Waals surface area contributed by atoms with Crippen LogP contribution in [0.4, 0.5) is 4.39 Å². The molecule has 0 N–H and O–H groups in total. The standard InChI is InChI=1S/C12H12FN7/c13-9-3-1-8(2-4-9)12-10(16-17-14)5-6-11(12)20-7-15-18-19-20/h1-4,7,10-12H,5-6H2. The zero-order chi connectivity index (χ0) is 13.9. The van der Waals surface area contributed by atoms with E-state index in [0.29, 0.717) is 0 Å². The van der Waals surface area contributed by atoms with Gasteiger partial charge in [-0.1, -0.05) is 17.2 Å². The Morgan fingerprint density at radius 3 is 2.75 bits per heavy atom. The lowest BCUT2D eigenvalue weighted by Gasteiger charge is -2.22. The van der Waals surface area contributed by atoms with Gasteiger partial charge in [0.25, 0.3) is 0 Å². The van der Waals surface area contributed by atoms with Crippen LogP contribution in [0, 0.1) is 5.82 Å². The molecule has 3 rings (SSSR count). The number of hydrogen-bond acceptors (Lipinski definition) is 4. The van der Waals surface area contributed by atoms with Crippen LogP contribution in [0.15, 0.2) is 35.7 Å². The molecule has 3 atom stereocenters. The van der Waals surface area contributed by atoms with Crippen LogP contribution in [0.25, 0.3) is 10.4 Å². The Labute approximate surface area is 114 Å². The van der Waals surface area contributed by atoms with Crippen molar-refractivity contribution in [2.45, 2.75) is 30.8 Å². The monoisotopic (exact) mass is 273 g/mol. The largest absolute Gasteiger partial charge is 0.229 e. The van der Waals surface area contributed by atoms with E-state index in [0.717, 1.165) is 18.4 Å². The van der Waals surface area contributed by atoms with Gasteiger partial charge in [-0.25, -0.2) is 9.07 Å². The number of aromatic nitrogens is 4. The first-order valence-electron chi connectivity index (χ1n) is 6.31. The summed E-state index contributed by atoms with van der Waals surface area (Å²) < 4.78 is 14.8. The Kier molecular flexibility index (Phi) is 3.30. The van der Waals surface area contributed by atoms with E-state index in [-0.39, 0.29) is 23.8 Å². The molecule has 20 heavy (non-hydrogen) atoms. The first-order valence-corrected chi connectivity index (χ1v) is 6.31. The first kappa shape index (κ1) is 12.6. The van der Waals surface area contributed by atoms with Crippen LogP contribution >= 0.6 is 0 Å². The lowest BCUT2D eigenvalue weighted by atomic mass is 9.91. The molecule has 0 spiro atoms. The number of rotatable bonds is 3. The minimum atomic E-state index is -0.286. The van der Waals surface area contributed by atoms with Crippen LogP contribution in [0.5, 0.6) is 0 Å². The van der Waals surface area contributed by atoms with Crippen LogP contribution in [-0.2, 0) is 0 Å². The predicted octanol–water partition coefficient (Wildman–Crippen LogP) is 2.61. The Hall–Kier alpha value is -2.47. The summed E-state index contributed by atoms with van der Waals surface area (Å²) in [4.78, 5) is 2.92. The van der Waals surface area contributed by atoms with Gasteiger partial charge in [-0.2, -0.15) is 0 Å². The summed E-state index contributed by atoms with van der Waals surface area (Å²) in [6.07, 6.45) is 3.13. The zero-order valence-corrected chi connectivity index (χ0v) is 10.5. The van der Waals surface area contributed by atoms with Gasteiger partial charge in [0.1, 0.15) is 12.1 Å². The molecule has 1 aromatic heterocycles. The summed E-state index contributed by atoms with van der Waals surface area (Å²) in [7, 11) is 0. The molecule has 0 aliphatic heterocycles. The first-order chi connectivity index (χ1) is 9.79. The van der Waals surface area contributed by atoms with Crippen molar-refractivity contribution >= 4 is 0 Å². The second-order valence-electron chi connectivity index (χ2n) is 4.78. The highest BCUT2D eigenvalue weighted by atomic mass is 19.1. The van der Waals surface area contributed by atoms with E-state index >= 15 is 0 Å². The second-order valence-corrected chi connectivity index (χ2v) is 4.78. The van der Waals surface area contributed by atoms with Crippen molar-refractivity contribution in [2.75, 3.05) is 0 Å². The highest BCUT2D eigenvalue weighted by molar-refractivity contribution is 5.25. The Morgan fingerprint density at radius 1 is 1.30 bits per heavy atom. The molecule has 8 heteroatoms. The maximum Gasteiger partial charge on any atom is 0.138 e. The van der Waals surface area contributed by atoms with E-state index in [4.69, 9.17) is 5.53 Å². The SMILES string of the molecule is [N-]=[N+]=NC1CCC(n2cnnn2)C1c1ccc(F)cc1. The second kappa shape index (κ2) is 5.26. The van der Waals surface area contributed by atoms with Crippen molar-refractivity contribution in [3.8, 4) is 0 Å². The molecule has 0 saturated heterocycles. The van der Waals surface area contributed by atoms with E-state index in [2.05, 4.69) is 25.6 Å². The highest BCUT2D eigenvalue weighted by Gasteiger charge is 2.38. The summed E-state index contributed by atoms with van der Waals surface area (Å²) in [5, 5.41) is 15.1. The van der Waals surface area contributed by atoms with Crippen molar-refractivity contribution < 1.29 is 4.39 Å². The van der Waals surface area contributed by atoms with Gasteiger partial charge in [0, 0.05) is 16.9 Å². The van der Waals surface area contributed by atoms with Crippen molar-refractivity contribution in [2.24, 2.45) is 5.11 Å². The molecule has 1 aliphatic carbocycles. The minimum absolute atomic E-state index is 0.0194. The van der Waals surface area contributed by atoms with Gasteiger partial charge in [-0.05, 0) is 46.5 Å². The molecule has 1 fully saturated rings. The predicted molar refractivity (Wildman–Crippen MR) is 68.2 cm³/mol. The maximum absolute atomic E-state index is 13.1. The third-order valence-electron chi connectivity index (χ3n) is 3.75. The van der Waals surface area contributed by atoms with Crippen molar-refractivity contribution in [1.29, 1.82) is 0 Å². The molecule has 1 heterocycles. The molecular formula is C12H12FN7. The molecule has 0 radical (unpaired) electrons. The Balaban J connectivity index is 1.99. The van der Waals surface area contributed by atoms with Gasteiger partial charge in [0.2, 0.25) is 0 Å². The smallest absolute Gasteiger partial charge is 0.138 e. The Morgan fingerprint density at radius 2 is 2.10 bits per heavy atom. The Bertz CT molecular complexity index is 618. The van der Waals surface area contributed by atoms with Crippen LogP contribution in [-0.4, -0.2) is 26.2 Å². The number of halogens is 1. The third kappa shape index (κ3) is 2.21. The molecule has 1 aromatic carbocycles. The summed E-state index contributed by atoms with van der Waals surface area (Å²) in [6, 6.07) is 6.13. The van der Waals surface area contributed by atoms with E-state index in [1.165, 1.54) is 12.1 Å². The average molecular weight is 273 g/mol. The van der Waals surface area contributed by atoms with Gasteiger partial charge < -0.3 is 0 Å². The maximum atomic E-state index is 13.1. The fourth-order valence-electron chi connectivity index (χ4n) is 2.90. The van der Waals surface area contributed by atoms with Crippen molar-refractivity contribution in [3.63, 3.8) is 0 Å². The van der Waals surface area contributed by atoms with Crippen molar-refractivity contribution in [1.82, 2.24) is 20.2 Å². The normalized spacial score (nSPS) is 25.4. The summed E-state index contributed by atoms with van der Waals surface area (Å²) in [5.74, 6) is -0.332. The summed E-state index contributed by atoms with van der Waals surface area (Å²) >= 11 is 0. The quantitative estimate of drug-likeness (QED) is 0.488. The lowest BCUT2D eigenvalue weighted by Crippen LogP contribution is -2.19. The lowest BCUT2D eigenvalue weighted by molar-refractivity contribution is 0.401. The van der Waals surface area contributed by atoms with Gasteiger partial charge in [-0.3, -0.25) is 0 Å². The fraction of sp³-hybridized carbons (Fsp3) is 0.417.